The molecule has 0 spiro atoms. The van der Waals surface area contributed by atoms with Crippen LogP contribution in [0.1, 0.15) is 16.1 Å². The maximum atomic E-state index is 11.6. The van der Waals surface area contributed by atoms with Crippen LogP contribution in [-0.4, -0.2) is 29.9 Å². The molecule has 3 aromatic rings. The number of hydrogen-bond acceptors (Lipinski definition) is 3. The summed E-state index contributed by atoms with van der Waals surface area (Å²) in [6.07, 6.45) is 0. The first kappa shape index (κ1) is 16.2. The first-order chi connectivity index (χ1) is 11.5. The van der Waals surface area contributed by atoms with E-state index in [0.717, 1.165) is 16.5 Å². The molecule has 0 atom stereocenters. The third-order valence-corrected chi connectivity index (χ3v) is 4.09. The lowest BCUT2D eigenvalue weighted by molar-refractivity contribution is 0.0686. The van der Waals surface area contributed by atoms with E-state index in [4.69, 9.17) is 21.1 Å². The average Bonchev–Trinajstić information content (AvgIpc) is 2.91. The summed E-state index contributed by atoms with van der Waals surface area (Å²) < 4.78 is 12.3. The highest BCUT2D eigenvalue weighted by atomic mass is 35.5. The summed E-state index contributed by atoms with van der Waals surface area (Å²) in [5.74, 6) is 0.111. The van der Waals surface area contributed by atoms with Crippen LogP contribution in [0.3, 0.4) is 0 Å². The van der Waals surface area contributed by atoms with Crippen LogP contribution in [0, 0.1) is 0 Å². The van der Waals surface area contributed by atoms with Crippen LogP contribution >= 0.6 is 11.6 Å². The molecule has 0 saturated heterocycles. The number of rotatable bonds is 5. The molecule has 1 aromatic heterocycles. The Bertz CT molecular complexity index is 917. The summed E-state index contributed by atoms with van der Waals surface area (Å²) in [6.45, 7) is 0.390. The van der Waals surface area contributed by atoms with Gasteiger partial charge >= 0.3 is 5.97 Å². The summed E-state index contributed by atoms with van der Waals surface area (Å²) >= 11 is 6.03. The lowest BCUT2D eigenvalue weighted by Gasteiger charge is -2.11. The van der Waals surface area contributed by atoms with Crippen LogP contribution in [0.4, 0.5) is 0 Å². The first-order valence-corrected chi connectivity index (χ1v) is 7.64. The maximum Gasteiger partial charge on any atom is 0.352 e. The molecule has 0 aliphatic heterocycles. The second kappa shape index (κ2) is 6.45. The van der Waals surface area contributed by atoms with Crippen molar-refractivity contribution in [3.63, 3.8) is 0 Å². The molecule has 1 N–H and O–H groups in total. The van der Waals surface area contributed by atoms with Crippen molar-refractivity contribution in [2.75, 3.05) is 14.2 Å². The van der Waals surface area contributed by atoms with Crippen molar-refractivity contribution >= 4 is 28.5 Å². The van der Waals surface area contributed by atoms with E-state index in [1.54, 1.807) is 43.1 Å². The third-order valence-electron chi connectivity index (χ3n) is 3.86. The Balaban J connectivity index is 2.19. The predicted molar refractivity (Wildman–Crippen MR) is 92.6 cm³/mol. The molecule has 6 heteroatoms. The Labute approximate surface area is 144 Å². The second-order valence-electron chi connectivity index (χ2n) is 5.32. The van der Waals surface area contributed by atoms with E-state index < -0.39 is 5.97 Å². The maximum absolute atomic E-state index is 11.6. The number of aromatic nitrogens is 1. The molecule has 5 nitrogen and oxygen atoms in total. The van der Waals surface area contributed by atoms with Gasteiger partial charge in [0, 0.05) is 23.0 Å². The Morgan fingerprint density at radius 3 is 2.46 bits per heavy atom. The second-order valence-corrected chi connectivity index (χ2v) is 5.75. The van der Waals surface area contributed by atoms with Gasteiger partial charge < -0.3 is 19.1 Å². The molecule has 0 aliphatic carbocycles. The Morgan fingerprint density at radius 1 is 1.12 bits per heavy atom. The molecule has 0 fully saturated rings. The van der Waals surface area contributed by atoms with Gasteiger partial charge in [-0.15, -0.1) is 0 Å². The molecular formula is C18H16ClNO4. The van der Waals surface area contributed by atoms with Crippen LogP contribution in [-0.2, 0) is 6.54 Å². The lowest BCUT2D eigenvalue weighted by atomic mass is 10.2. The smallest absolute Gasteiger partial charge is 0.352 e. The number of fused-ring (bicyclic) bond motifs is 1. The van der Waals surface area contributed by atoms with Crippen LogP contribution < -0.4 is 9.47 Å². The fraction of sp³-hybridized carbons (Fsp3) is 0.167. The number of methoxy groups -OCH3 is 2. The zero-order valence-electron chi connectivity index (χ0n) is 13.2. The monoisotopic (exact) mass is 345 g/mol. The zero-order valence-corrected chi connectivity index (χ0v) is 14.0. The Hall–Kier alpha value is -2.66. The molecule has 0 saturated carbocycles. The lowest BCUT2D eigenvalue weighted by Crippen LogP contribution is -2.09. The van der Waals surface area contributed by atoms with Crippen LogP contribution in [0.5, 0.6) is 11.5 Å². The normalized spacial score (nSPS) is 10.8. The third kappa shape index (κ3) is 2.90. The average molecular weight is 346 g/mol. The minimum atomic E-state index is -0.994. The van der Waals surface area contributed by atoms with E-state index in [1.807, 2.05) is 18.2 Å². The minimum absolute atomic E-state index is 0.195. The summed E-state index contributed by atoms with van der Waals surface area (Å²) in [5, 5.41) is 10.9. The molecule has 124 valence electrons. The number of carbonyl (C=O) groups is 1. The molecule has 3 rings (SSSR count). The summed E-state index contributed by atoms with van der Waals surface area (Å²) in [6, 6.07) is 12.5. The van der Waals surface area contributed by atoms with E-state index >= 15 is 0 Å². The number of ether oxygens (including phenoxy) is 2. The van der Waals surface area contributed by atoms with Gasteiger partial charge in [0.25, 0.3) is 0 Å². The summed E-state index contributed by atoms with van der Waals surface area (Å²) in [4.78, 5) is 11.6. The highest BCUT2D eigenvalue weighted by Gasteiger charge is 2.18. The number of carboxylic acids is 1. The number of carboxylic acid groups (broad SMARTS) is 1. The van der Waals surface area contributed by atoms with E-state index in [0.29, 0.717) is 23.1 Å². The fourth-order valence-electron chi connectivity index (χ4n) is 2.75. The van der Waals surface area contributed by atoms with Crippen molar-refractivity contribution in [2.45, 2.75) is 6.54 Å². The quantitative estimate of drug-likeness (QED) is 0.757. The van der Waals surface area contributed by atoms with E-state index in [-0.39, 0.29) is 5.69 Å². The molecule has 0 bridgehead atoms. The van der Waals surface area contributed by atoms with Crippen LogP contribution in [0.25, 0.3) is 10.9 Å². The molecule has 2 aromatic carbocycles. The molecule has 24 heavy (non-hydrogen) atoms. The van der Waals surface area contributed by atoms with Crippen molar-refractivity contribution < 1.29 is 19.4 Å². The zero-order chi connectivity index (χ0) is 17.3. The number of aromatic carboxylic acids is 1. The van der Waals surface area contributed by atoms with Gasteiger partial charge in [-0.3, -0.25) is 0 Å². The van der Waals surface area contributed by atoms with Crippen molar-refractivity contribution in [1.82, 2.24) is 4.57 Å². The van der Waals surface area contributed by atoms with Crippen LogP contribution in [0.15, 0.2) is 42.5 Å². The summed E-state index contributed by atoms with van der Waals surface area (Å²) in [7, 11) is 3.09. The van der Waals surface area contributed by atoms with Gasteiger partial charge in [-0.05, 0) is 29.8 Å². The molecule has 0 aliphatic rings. The number of benzene rings is 2. The van der Waals surface area contributed by atoms with Gasteiger partial charge in [-0.2, -0.15) is 0 Å². The molecule has 0 unspecified atom stereocenters. The van der Waals surface area contributed by atoms with Gasteiger partial charge in [-0.1, -0.05) is 23.7 Å². The molecule has 0 radical (unpaired) electrons. The van der Waals surface area contributed by atoms with Crippen molar-refractivity contribution in [2.24, 2.45) is 0 Å². The Kier molecular flexibility index (Phi) is 4.36. The summed E-state index contributed by atoms with van der Waals surface area (Å²) in [5.41, 5.74) is 1.86. The minimum Gasteiger partial charge on any atom is -0.493 e. The Morgan fingerprint density at radius 2 is 1.83 bits per heavy atom. The SMILES string of the molecule is COc1cc2cc(C(=O)O)n(Cc3cccc(Cl)c3)c2cc1OC. The van der Waals surface area contributed by atoms with Gasteiger partial charge in [-0.25, -0.2) is 4.79 Å². The van der Waals surface area contributed by atoms with E-state index in [1.165, 1.54) is 0 Å². The largest absolute Gasteiger partial charge is 0.493 e. The van der Waals surface area contributed by atoms with Gasteiger partial charge in [0.1, 0.15) is 5.69 Å². The predicted octanol–water partition coefficient (Wildman–Crippen LogP) is 4.06. The number of hydrogen-bond donors (Lipinski definition) is 1. The highest BCUT2D eigenvalue weighted by Crippen LogP contribution is 2.34. The van der Waals surface area contributed by atoms with Crippen molar-refractivity contribution in [1.29, 1.82) is 0 Å². The van der Waals surface area contributed by atoms with Gasteiger partial charge in [0.2, 0.25) is 0 Å². The number of nitrogens with zero attached hydrogens (tertiary/aromatic N) is 1. The highest BCUT2D eigenvalue weighted by molar-refractivity contribution is 6.30. The number of halogens is 1. The van der Waals surface area contributed by atoms with Crippen molar-refractivity contribution in [3.05, 3.63) is 58.7 Å². The molecule has 0 amide bonds. The first-order valence-electron chi connectivity index (χ1n) is 7.26. The van der Waals surface area contributed by atoms with E-state index in [2.05, 4.69) is 0 Å². The van der Waals surface area contributed by atoms with Crippen molar-refractivity contribution in [3.8, 4) is 11.5 Å². The van der Waals surface area contributed by atoms with Gasteiger partial charge in [0.15, 0.2) is 11.5 Å². The fourth-order valence-corrected chi connectivity index (χ4v) is 2.97. The topological polar surface area (TPSA) is 60.7 Å². The standard InChI is InChI=1S/C18H16ClNO4/c1-23-16-8-12-7-15(18(21)22)20(14(12)9-17(16)24-2)10-11-4-3-5-13(19)6-11/h3-9H,10H2,1-2H3,(H,21,22). The molecule has 1 heterocycles. The van der Waals surface area contributed by atoms with Gasteiger partial charge in [0.05, 0.1) is 19.7 Å². The van der Waals surface area contributed by atoms with E-state index in [9.17, 15) is 9.90 Å². The van der Waals surface area contributed by atoms with Crippen LogP contribution in [0.2, 0.25) is 5.02 Å². The molecular weight excluding hydrogens is 330 g/mol.